The van der Waals surface area contributed by atoms with Crippen molar-refractivity contribution < 1.29 is 4.79 Å². The summed E-state index contributed by atoms with van der Waals surface area (Å²) >= 11 is 0. The van der Waals surface area contributed by atoms with Gasteiger partial charge in [-0.3, -0.25) is 9.58 Å². The Hall–Kier alpha value is -3.10. The Balaban J connectivity index is 1.31. The average Bonchev–Trinajstić information content (AvgIpc) is 3.28. The van der Waals surface area contributed by atoms with E-state index in [4.69, 9.17) is 0 Å². The fraction of sp³-hybridized carbons (Fsp3) is 0.375. The number of amides is 2. The second kappa shape index (κ2) is 5.20. The number of H-pyrrole nitrogens is 1. The minimum Gasteiger partial charge on any atom is -0.352 e. The highest BCUT2D eigenvalue weighted by atomic mass is 16.2. The molecule has 0 radical (unpaired) electrons. The van der Waals surface area contributed by atoms with Gasteiger partial charge in [0.15, 0.2) is 0 Å². The van der Waals surface area contributed by atoms with Gasteiger partial charge in [-0.15, -0.1) is 0 Å². The third kappa shape index (κ3) is 2.15. The molecule has 9 heteroatoms. The van der Waals surface area contributed by atoms with Crippen LogP contribution in [0.5, 0.6) is 0 Å². The van der Waals surface area contributed by atoms with E-state index in [9.17, 15) is 4.79 Å². The van der Waals surface area contributed by atoms with Crippen LogP contribution in [0.1, 0.15) is 6.04 Å². The summed E-state index contributed by atoms with van der Waals surface area (Å²) in [6.45, 7) is 3.14. The lowest BCUT2D eigenvalue weighted by Crippen LogP contribution is -2.48. The van der Waals surface area contributed by atoms with Crippen molar-refractivity contribution in [2.45, 2.75) is 6.04 Å². The Labute approximate surface area is 143 Å². The largest absolute Gasteiger partial charge is 0.352 e. The molecule has 0 aliphatic carbocycles. The lowest BCUT2D eigenvalue weighted by atomic mass is 10.1. The zero-order valence-corrected chi connectivity index (χ0v) is 13.8. The molecule has 0 atom stereocenters. The number of nitrogens with one attached hydrogen (secondary N) is 1. The Bertz CT molecular complexity index is 940. The molecule has 0 aromatic carbocycles. The molecule has 1 N–H and O–H groups in total. The van der Waals surface area contributed by atoms with Gasteiger partial charge in [-0.2, -0.15) is 5.10 Å². The van der Waals surface area contributed by atoms with Crippen LogP contribution in [0, 0.1) is 0 Å². The Kier molecular flexibility index (Phi) is 2.97. The van der Waals surface area contributed by atoms with Gasteiger partial charge in [0.1, 0.15) is 17.8 Å². The summed E-state index contributed by atoms with van der Waals surface area (Å²) in [5.74, 6) is 0.950. The van der Waals surface area contributed by atoms with Crippen molar-refractivity contribution in [2.75, 3.05) is 43.0 Å². The van der Waals surface area contributed by atoms with Crippen molar-refractivity contribution in [1.29, 1.82) is 0 Å². The van der Waals surface area contributed by atoms with Crippen LogP contribution in [-0.4, -0.2) is 68.9 Å². The van der Waals surface area contributed by atoms with Gasteiger partial charge in [0, 0.05) is 45.6 Å². The summed E-state index contributed by atoms with van der Waals surface area (Å²) < 4.78 is 1.95. The summed E-state index contributed by atoms with van der Waals surface area (Å²) in [7, 11) is 1.82. The smallest absolute Gasteiger partial charge is 0.324 e. The molecule has 5 heterocycles. The molecule has 9 nitrogen and oxygen atoms in total. The first-order valence-corrected chi connectivity index (χ1v) is 8.30. The lowest BCUT2D eigenvalue weighted by Gasteiger charge is -2.40. The molecule has 0 unspecified atom stereocenters. The Morgan fingerprint density at radius 1 is 1.24 bits per heavy atom. The van der Waals surface area contributed by atoms with Gasteiger partial charge in [0.25, 0.3) is 0 Å². The normalized spacial score (nSPS) is 18.4. The fourth-order valence-electron chi connectivity index (χ4n) is 3.46. The molecule has 3 aromatic heterocycles. The third-order valence-corrected chi connectivity index (χ3v) is 4.98. The topological polar surface area (TPSA) is 86.2 Å². The molecular formula is C16H18N8O. The summed E-state index contributed by atoms with van der Waals surface area (Å²) in [6, 6.07) is 2.32. The highest BCUT2D eigenvalue weighted by Gasteiger charge is 2.33. The fourth-order valence-corrected chi connectivity index (χ4v) is 3.46. The van der Waals surface area contributed by atoms with E-state index in [0.29, 0.717) is 6.54 Å². The number of fused-ring (bicyclic) bond motifs is 1. The number of carbonyl (C=O) groups excluding carboxylic acids is 1. The van der Waals surface area contributed by atoms with Crippen LogP contribution in [0.3, 0.4) is 0 Å². The standard InChI is InChI=1S/C16H18N8O/c1-21-4-5-23(16(21)25)11-6-20-24(9-11)12-7-22(8-12)15-13-2-3-17-14(13)18-10-19-15/h2-3,6,9-10,12H,4-5,7-8H2,1H3,(H,17,18,19). The van der Waals surface area contributed by atoms with Crippen molar-refractivity contribution in [3.05, 3.63) is 31.0 Å². The summed E-state index contributed by atoms with van der Waals surface area (Å²) in [6.07, 6.45) is 7.20. The van der Waals surface area contributed by atoms with E-state index in [1.807, 2.05) is 30.2 Å². The number of aromatic amines is 1. The molecule has 128 valence electrons. The van der Waals surface area contributed by atoms with E-state index in [-0.39, 0.29) is 12.1 Å². The average molecular weight is 338 g/mol. The molecule has 0 bridgehead atoms. The van der Waals surface area contributed by atoms with Crippen LogP contribution in [0.2, 0.25) is 0 Å². The maximum absolute atomic E-state index is 12.1. The molecular weight excluding hydrogens is 320 g/mol. The molecule has 0 saturated carbocycles. The number of aromatic nitrogens is 5. The van der Waals surface area contributed by atoms with E-state index in [2.05, 4.69) is 25.0 Å². The maximum atomic E-state index is 12.1. The van der Waals surface area contributed by atoms with Crippen molar-refractivity contribution in [2.24, 2.45) is 0 Å². The monoisotopic (exact) mass is 338 g/mol. The lowest BCUT2D eigenvalue weighted by molar-refractivity contribution is 0.229. The molecule has 2 aliphatic rings. The van der Waals surface area contributed by atoms with Crippen LogP contribution >= 0.6 is 0 Å². The Morgan fingerprint density at radius 2 is 2.12 bits per heavy atom. The first kappa shape index (κ1) is 14.3. The number of urea groups is 1. The summed E-state index contributed by atoms with van der Waals surface area (Å²) in [4.78, 5) is 29.6. The molecule has 5 rings (SSSR count). The molecule has 2 aliphatic heterocycles. The molecule has 3 aromatic rings. The molecule has 2 amide bonds. The van der Waals surface area contributed by atoms with Crippen molar-refractivity contribution in [3.8, 4) is 0 Å². The number of carbonyl (C=O) groups is 1. The minimum atomic E-state index is 0.0330. The van der Waals surface area contributed by atoms with Crippen LogP contribution in [0.25, 0.3) is 11.0 Å². The molecule has 25 heavy (non-hydrogen) atoms. The van der Waals surface area contributed by atoms with Crippen LogP contribution in [0.15, 0.2) is 31.0 Å². The van der Waals surface area contributed by atoms with Gasteiger partial charge in [-0.25, -0.2) is 14.8 Å². The van der Waals surface area contributed by atoms with Gasteiger partial charge >= 0.3 is 6.03 Å². The van der Waals surface area contributed by atoms with Gasteiger partial charge in [0.05, 0.1) is 23.3 Å². The zero-order valence-electron chi connectivity index (χ0n) is 13.8. The number of hydrogen-bond acceptors (Lipinski definition) is 5. The van der Waals surface area contributed by atoms with E-state index >= 15 is 0 Å². The predicted octanol–water partition coefficient (Wildman–Crippen LogP) is 1.09. The zero-order chi connectivity index (χ0) is 17.0. The first-order valence-electron chi connectivity index (χ1n) is 8.30. The summed E-state index contributed by atoms with van der Waals surface area (Å²) in [5, 5.41) is 5.50. The van der Waals surface area contributed by atoms with E-state index in [1.165, 1.54) is 0 Å². The van der Waals surface area contributed by atoms with Crippen LogP contribution in [-0.2, 0) is 0 Å². The first-order chi connectivity index (χ1) is 12.2. The van der Waals surface area contributed by atoms with Gasteiger partial charge < -0.3 is 14.8 Å². The van der Waals surface area contributed by atoms with E-state index < -0.39 is 0 Å². The molecule has 0 spiro atoms. The number of likely N-dealkylation sites (N-methyl/N-ethyl adjacent to an activating group) is 1. The second-order valence-corrected chi connectivity index (χ2v) is 6.53. The van der Waals surface area contributed by atoms with Crippen LogP contribution < -0.4 is 9.80 Å². The maximum Gasteiger partial charge on any atom is 0.324 e. The highest BCUT2D eigenvalue weighted by molar-refractivity contribution is 5.93. The molecule has 2 saturated heterocycles. The van der Waals surface area contributed by atoms with Crippen molar-refractivity contribution >= 4 is 28.6 Å². The number of anilines is 2. The third-order valence-electron chi connectivity index (χ3n) is 4.98. The van der Waals surface area contributed by atoms with Crippen molar-refractivity contribution in [3.63, 3.8) is 0 Å². The number of rotatable bonds is 3. The summed E-state index contributed by atoms with van der Waals surface area (Å²) in [5.41, 5.74) is 1.72. The quantitative estimate of drug-likeness (QED) is 0.772. The molecule has 2 fully saturated rings. The SMILES string of the molecule is CN1CCN(c2cnn(C3CN(c4ncnc5[nH]ccc45)C3)c2)C1=O. The minimum absolute atomic E-state index is 0.0330. The van der Waals surface area contributed by atoms with Gasteiger partial charge in [-0.1, -0.05) is 0 Å². The van der Waals surface area contributed by atoms with Crippen molar-refractivity contribution in [1.82, 2.24) is 29.6 Å². The number of hydrogen-bond donors (Lipinski definition) is 1. The number of nitrogens with zero attached hydrogens (tertiary/aromatic N) is 7. The predicted molar refractivity (Wildman–Crippen MR) is 92.7 cm³/mol. The van der Waals surface area contributed by atoms with Gasteiger partial charge in [0.2, 0.25) is 0 Å². The van der Waals surface area contributed by atoms with E-state index in [0.717, 1.165) is 42.2 Å². The van der Waals surface area contributed by atoms with E-state index in [1.54, 1.807) is 22.3 Å². The Morgan fingerprint density at radius 3 is 2.92 bits per heavy atom. The van der Waals surface area contributed by atoms with Crippen LogP contribution in [0.4, 0.5) is 16.3 Å². The highest BCUT2D eigenvalue weighted by Crippen LogP contribution is 2.31. The van der Waals surface area contributed by atoms with Gasteiger partial charge in [-0.05, 0) is 6.07 Å². The second-order valence-electron chi connectivity index (χ2n) is 6.53.